The molecule has 1 rings (SSSR count). The molecule has 0 saturated heterocycles. The number of nitrogens with one attached hydrogen (secondary N) is 1. The monoisotopic (exact) mass is 292 g/mol. The predicted molar refractivity (Wildman–Crippen MR) is 85.9 cm³/mol. The van der Waals surface area contributed by atoms with Gasteiger partial charge in [0.25, 0.3) is 0 Å². The van der Waals surface area contributed by atoms with Crippen LogP contribution >= 0.6 is 0 Å². The highest BCUT2D eigenvalue weighted by Gasteiger charge is 2.38. The number of amides is 1. The third-order valence-electron chi connectivity index (χ3n) is 3.55. The highest BCUT2D eigenvalue weighted by molar-refractivity contribution is 5.86. The van der Waals surface area contributed by atoms with Gasteiger partial charge in [-0.15, -0.1) is 0 Å². The summed E-state index contributed by atoms with van der Waals surface area (Å²) in [7, 11) is 0. The summed E-state index contributed by atoms with van der Waals surface area (Å²) in [5.74, 6) is 0.261. The molecule has 1 amide bonds. The Morgan fingerprint density at radius 3 is 2.52 bits per heavy atom. The van der Waals surface area contributed by atoms with Crippen LogP contribution in [0, 0.1) is 5.92 Å². The van der Waals surface area contributed by atoms with Crippen molar-refractivity contribution in [1.29, 1.82) is 0 Å². The molecule has 4 heteroatoms. The van der Waals surface area contributed by atoms with Crippen molar-refractivity contribution in [3.05, 3.63) is 35.9 Å². The lowest BCUT2D eigenvalue weighted by Gasteiger charge is -2.31. The molecule has 0 heterocycles. The van der Waals surface area contributed by atoms with E-state index in [-0.39, 0.29) is 6.61 Å². The van der Waals surface area contributed by atoms with Crippen molar-refractivity contribution in [3.8, 4) is 0 Å². The number of likely N-dealkylation sites (N-methyl/N-ethyl adjacent to an activating group) is 1. The van der Waals surface area contributed by atoms with Gasteiger partial charge in [0.05, 0.1) is 6.61 Å². The third-order valence-corrected chi connectivity index (χ3v) is 3.55. The Kier molecular flexibility index (Phi) is 7.40. The van der Waals surface area contributed by atoms with Crippen molar-refractivity contribution in [2.45, 2.75) is 39.2 Å². The quantitative estimate of drug-likeness (QED) is 0.651. The van der Waals surface area contributed by atoms with E-state index in [0.717, 1.165) is 18.4 Å². The minimum atomic E-state index is -0.951. The number of hydrogen-bond donors (Lipinski definition) is 2. The molecular weight excluding hydrogens is 264 g/mol. The maximum absolute atomic E-state index is 12.1. The first-order chi connectivity index (χ1) is 10.0. The van der Waals surface area contributed by atoms with Crippen molar-refractivity contribution < 1.29 is 9.53 Å². The van der Waals surface area contributed by atoms with E-state index in [1.807, 2.05) is 37.3 Å². The molecule has 0 bridgehead atoms. The Hall–Kier alpha value is -1.39. The van der Waals surface area contributed by atoms with Crippen LogP contribution in [0.3, 0.4) is 0 Å². The predicted octanol–water partition coefficient (Wildman–Crippen LogP) is 2.43. The molecule has 3 N–H and O–H groups in total. The van der Waals surface area contributed by atoms with Crippen LogP contribution in [0.2, 0.25) is 0 Å². The van der Waals surface area contributed by atoms with Crippen LogP contribution in [0.1, 0.15) is 39.2 Å². The molecule has 1 aromatic rings. The van der Waals surface area contributed by atoms with Gasteiger partial charge in [-0.2, -0.15) is 0 Å². The molecule has 21 heavy (non-hydrogen) atoms. The Balaban J connectivity index is 2.75. The molecule has 1 atom stereocenters. The van der Waals surface area contributed by atoms with Gasteiger partial charge < -0.3 is 10.5 Å². The molecule has 0 fully saturated rings. The van der Waals surface area contributed by atoms with Crippen molar-refractivity contribution in [3.63, 3.8) is 0 Å². The van der Waals surface area contributed by atoms with E-state index >= 15 is 0 Å². The summed E-state index contributed by atoms with van der Waals surface area (Å²) in [6.07, 6.45) is 2.11. The second kappa shape index (κ2) is 8.80. The second-order valence-corrected chi connectivity index (χ2v) is 5.75. The molecule has 118 valence electrons. The highest BCUT2D eigenvalue weighted by Crippen LogP contribution is 2.22. The van der Waals surface area contributed by atoms with E-state index in [0.29, 0.717) is 19.1 Å². The zero-order valence-corrected chi connectivity index (χ0v) is 13.4. The van der Waals surface area contributed by atoms with E-state index in [1.165, 1.54) is 0 Å². The summed E-state index contributed by atoms with van der Waals surface area (Å²) in [5.41, 5.74) is 5.57. The number of hydrogen-bond acceptors (Lipinski definition) is 3. The second-order valence-electron chi connectivity index (χ2n) is 5.75. The Labute approximate surface area is 128 Å². The van der Waals surface area contributed by atoms with E-state index in [9.17, 15) is 4.79 Å². The van der Waals surface area contributed by atoms with Crippen molar-refractivity contribution in [2.24, 2.45) is 11.7 Å². The minimum absolute atomic E-state index is 0.262. The van der Waals surface area contributed by atoms with Crippen LogP contribution in [0.25, 0.3) is 0 Å². The van der Waals surface area contributed by atoms with E-state index in [4.69, 9.17) is 10.5 Å². The number of rotatable bonds is 10. The smallest absolute Gasteiger partial charge is 0.244 e. The van der Waals surface area contributed by atoms with Gasteiger partial charge in [0.2, 0.25) is 5.91 Å². The van der Waals surface area contributed by atoms with Gasteiger partial charge in [0.1, 0.15) is 5.54 Å². The van der Waals surface area contributed by atoms with E-state index < -0.39 is 11.4 Å². The Morgan fingerprint density at radius 2 is 2.00 bits per heavy atom. The largest absolute Gasteiger partial charge is 0.379 e. The fourth-order valence-electron chi connectivity index (χ4n) is 2.38. The maximum Gasteiger partial charge on any atom is 0.244 e. The van der Waals surface area contributed by atoms with Crippen LogP contribution in [0.5, 0.6) is 0 Å². The zero-order valence-electron chi connectivity index (χ0n) is 13.4. The lowest BCUT2D eigenvalue weighted by molar-refractivity contribution is -0.127. The van der Waals surface area contributed by atoms with Crippen LogP contribution in [0.4, 0.5) is 0 Å². The third kappa shape index (κ3) is 5.14. The standard InChI is InChI=1S/C17H28N2O2/c1-4-19-17(16(18)20,15-10-6-5-7-11-15)13-21-12-8-9-14(2)3/h5-7,10-11,14,19H,4,8-9,12-13H2,1-3H3,(H2,18,20). The van der Waals surface area contributed by atoms with Crippen molar-refractivity contribution in [2.75, 3.05) is 19.8 Å². The summed E-state index contributed by atoms with van der Waals surface area (Å²) in [6.45, 7) is 7.89. The summed E-state index contributed by atoms with van der Waals surface area (Å²) < 4.78 is 5.75. The minimum Gasteiger partial charge on any atom is -0.379 e. The van der Waals surface area contributed by atoms with E-state index in [1.54, 1.807) is 0 Å². The van der Waals surface area contributed by atoms with Crippen molar-refractivity contribution in [1.82, 2.24) is 5.32 Å². The first kappa shape index (κ1) is 17.7. The summed E-state index contributed by atoms with van der Waals surface area (Å²) in [4.78, 5) is 12.1. The van der Waals surface area contributed by atoms with Crippen LogP contribution in [-0.4, -0.2) is 25.7 Å². The summed E-state index contributed by atoms with van der Waals surface area (Å²) in [6, 6.07) is 9.55. The molecule has 0 radical (unpaired) electrons. The number of carbonyl (C=O) groups excluding carboxylic acids is 1. The lowest BCUT2D eigenvalue weighted by Crippen LogP contribution is -2.55. The van der Waals surface area contributed by atoms with Gasteiger partial charge in [0.15, 0.2) is 0 Å². The Morgan fingerprint density at radius 1 is 1.33 bits per heavy atom. The number of primary amides is 1. The van der Waals surface area contributed by atoms with Crippen LogP contribution in [-0.2, 0) is 15.1 Å². The lowest BCUT2D eigenvalue weighted by atomic mass is 9.89. The molecule has 1 aromatic carbocycles. The average molecular weight is 292 g/mol. The summed E-state index contributed by atoms with van der Waals surface area (Å²) >= 11 is 0. The van der Waals surface area contributed by atoms with Crippen molar-refractivity contribution >= 4 is 5.91 Å². The fraction of sp³-hybridized carbons (Fsp3) is 0.588. The summed E-state index contributed by atoms with van der Waals surface area (Å²) in [5, 5.41) is 3.21. The zero-order chi connectivity index (χ0) is 15.7. The molecule has 0 aliphatic rings. The molecule has 0 aromatic heterocycles. The Bertz CT molecular complexity index is 420. The normalized spacial score (nSPS) is 14.1. The number of benzene rings is 1. The van der Waals surface area contributed by atoms with Gasteiger partial charge in [-0.3, -0.25) is 10.1 Å². The molecule has 0 aliphatic heterocycles. The molecular formula is C17H28N2O2. The molecule has 0 spiro atoms. The topological polar surface area (TPSA) is 64.3 Å². The first-order valence-corrected chi connectivity index (χ1v) is 7.71. The van der Waals surface area contributed by atoms with Crippen LogP contribution < -0.4 is 11.1 Å². The SMILES string of the molecule is CCNC(COCCCC(C)C)(C(N)=O)c1ccccc1. The molecule has 0 saturated carbocycles. The van der Waals surface area contributed by atoms with Gasteiger partial charge in [0, 0.05) is 6.61 Å². The van der Waals surface area contributed by atoms with Gasteiger partial charge in [-0.05, 0) is 30.9 Å². The molecule has 0 aliphatic carbocycles. The molecule has 1 unspecified atom stereocenters. The van der Waals surface area contributed by atoms with Crippen LogP contribution in [0.15, 0.2) is 30.3 Å². The average Bonchev–Trinajstić information content (AvgIpc) is 2.46. The van der Waals surface area contributed by atoms with E-state index in [2.05, 4.69) is 19.2 Å². The fourth-order valence-corrected chi connectivity index (χ4v) is 2.38. The first-order valence-electron chi connectivity index (χ1n) is 7.71. The number of nitrogens with two attached hydrogens (primary N) is 1. The highest BCUT2D eigenvalue weighted by atomic mass is 16.5. The number of ether oxygens (including phenoxy) is 1. The van der Waals surface area contributed by atoms with Gasteiger partial charge in [-0.25, -0.2) is 0 Å². The number of carbonyl (C=O) groups is 1. The maximum atomic E-state index is 12.1. The molecule has 4 nitrogen and oxygen atoms in total. The van der Waals surface area contributed by atoms with Gasteiger partial charge in [-0.1, -0.05) is 51.1 Å². The van der Waals surface area contributed by atoms with Gasteiger partial charge >= 0.3 is 0 Å².